The summed E-state index contributed by atoms with van der Waals surface area (Å²) >= 11 is 0. The fourth-order valence-electron chi connectivity index (χ4n) is 1.11. The van der Waals surface area contributed by atoms with Crippen LogP contribution in [-0.2, 0) is 16.1 Å². The van der Waals surface area contributed by atoms with E-state index < -0.39 is 11.9 Å². The van der Waals surface area contributed by atoms with Crippen LogP contribution in [-0.4, -0.2) is 22.8 Å². The van der Waals surface area contributed by atoms with Gasteiger partial charge in [0.2, 0.25) is 11.8 Å². The summed E-state index contributed by atoms with van der Waals surface area (Å²) in [5.74, 6) is -1.02. The highest BCUT2D eigenvalue weighted by Crippen LogP contribution is 1.92. The van der Waals surface area contributed by atoms with Gasteiger partial charge in [0.1, 0.15) is 6.04 Å². The second-order valence-corrected chi connectivity index (χ2v) is 3.27. The number of hydrogen-bond donors (Lipinski definition) is 2. The van der Waals surface area contributed by atoms with Gasteiger partial charge in [-0.3, -0.25) is 14.6 Å². The number of hydrogen-bond acceptors (Lipinski definition) is 3. The zero-order valence-electron chi connectivity index (χ0n) is 8.93. The first-order valence-electron chi connectivity index (χ1n) is 4.83. The number of nitrogens with zero attached hydrogens (tertiary/aromatic N) is 1. The number of rotatable bonds is 4. The Balaban J connectivity index is 2.38. The zero-order valence-corrected chi connectivity index (χ0v) is 8.93. The van der Waals surface area contributed by atoms with Crippen molar-refractivity contribution < 1.29 is 9.59 Å². The Kier molecular flexibility index (Phi) is 4.44. The lowest BCUT2D eigenvalue weighted by molar-refractivity contribution is -0.126. The van der Waals surface area contributed by atoms with Gasteiger partial charge in [-0.05, 0) is 19.1 Å². The van der Waals surface area contributed by atoms with Gasteiger partial charge in [0, 0.05) is 6.20 Å². The summed E-state index contributed by atoms with van der Waals surface area (Å²) in [5.41, 5.74) is 0.752. The highest BCUT2D eigenvalue weighted by atomic mass is 16.2. The lowest BCUT2D eigenvalue weighted by atomic mass is 10.3. The van der Waals surface area contributed by atoms with E-state index in [0.717, 1.165) is 5.69 Å². The van der Waals surface area contributed by atoms with Crippen LogP contribution in [0.4, 0.5) is 0 Å². The molecular formula is C11H13N3O2. The van der Waals surface area contributed by atoms with Crippen LogP contribution in [0.15, 0.2) is 24.4 Å². The molecule has 2 radical (unpaired) electrons. The molecule has 0 spiro atoms. The molecule has 1 rings (SSSR count). The van der Waals surface area contributed by atoms with E-state index in [1.165, 1.54) is 0 Å². The van der Waals surface area contributed by atoms with Gasteiger partial charge in [-0.2, -0.15) is 0 Å². The van der Waals surface area contributed by atoms with Crippen LogP contribution in [0.25, 0.3) is 0 Å². The van der Waals surface area contributed by atoms with E-state index in [9.17, 15) is 9.59 Å². The molecule has 84 valence electrons. The fraction of sp³-hybridized carbons (Fsp3) is 0.273. The lowest BCUT2D eigenvalue weighted by Crippen LogP contribution is -2.43. The molecule has 0 aromatic carbocycles. The quantitative estimate of drug-likeness (QED) is 0.743. The molecule has 0 aliphatic rings. The van der Waals surface area contributed by atoms with Crippen molar-refractivity contribution in [1.29, 1.82) is 0 Å². The molecule has 1 aromatic heterocycles. The van der Waals surface area contributed by atoms with Gasteiger partial charge < -0.3 is 10.6 Å². The molecule has 1 aromatic rings. The van der Waals surface area contributed by atoms with Crippen LogP contribution in [0.1, 0.15) is 12.6 Å². The molecule has 0 saturated carbocycles. The SMILES string of the molecule is [CH]C(=O)NC(C)C(=O)NCc1ccccn1. The molecule has 2 N–H and O–H groups in total. The molecular weight excluding hydrogens is 206 g/mol. The third-order valence-electron chi connectivity index (χ3n) is 1.92. The van der Waals surface area contributed by atoms with Crippen LogP contribution in [0.5, 0.6) is 0 Å². The predicted molar refractivity (Wildman–Crippen MR) is 58.0 cm³/mol. The first kappa shape index (κ1) is 12.2. The van der Waals surface area contributed by atoms with Crippen LogP contribution >= 0.6 is 0 Å². The molecule has 16 heavy (non-hydrogen) atoms. The molecule has 0 aliphatic carbocycles. The monoisotopic (exact) mass is 219 g/mol. The molecule has 0 saturated heterocycles. The zero-order chi connectivity index (χ0) is 12.0. The smallest absolute Gasteiger partial charge is 0.242 e. The third kappa shape index (κ3) is 4.08. The summed E-state index contributed by atoms with van der Waals surface area (Å²) in [6.07, 6.45) is 1.65. The molecule has 5 nitrogen and oxygen atoms in total. The van der Waals surface area contributed by atoms with E-state index in [2.05, 4.69) is 15.6 Å². The molecule has 1 atom stereocenters. The standard InChI is InChI=1S/C11H13N3O2/c1-8(14-9(2)15)11(16)13-7-10-5-3-4-6-12-10/h2-6,8H,7H2,1H3,(H,13,16)(H,14,15). The summed E-state index contributed by atoms with van der Waals surface area (Å²) in [6.45, 7) is 6.77. The van der Waals surface area contributed by atoms with Crippen molar-refractivity contribution in [2.75, 3.05) is 0 Å². The average molecular weight is 219 g/mol. The Labute approximate surface area is 94.3 Å². The molecule has 0 bridgehead atoms. The Morgan fingerprint density at radius 2 is 2.25 bits per heavy atom. The largest absolute Gasteiger partial charge is 0.349 e. The van der Waals surface area contributed by atoms with E-state index in [1.807, 2.05) is 6.07 Å². The Hall–Kier alpha value is -1.91. The van der Waals surface area contributed by atoms with E-state index in [-0.39, 0.29) is 5.91 Å². The molecule has 1 heterocycles. The first-order chi connectivity index (χ1) is 7.59. The van der Waals surface area contributed by atoms with Crippen molar-refractivity contribution in [2.45, 2.75) is 19.5 Å². The molecule has 5 heteroatoms. The van der Waals surface area contributed by atoms with Crippen LogP contribution < -0.4 is 10.6 Å². The van der Waals surface area contributed by atoms with Gasteiger partial charge >= 0.3 is 0 Å². The summed E-state index contributed by atoms with van der Waals surface area (Å²) in [7, 11) is 0. The number of aromatic nitrogens is 1. The van der Waals surface area contributed by atoms with Gasteiger partial charge in [0.05, 0.1) is 19.2 Å². The minimum Gasteiger partial charge on any atom is -0.349 e. The maximum Gasteiger partial charge on any atom is 0.242 e. The van der Waals surface area contributed by atoms with Crippen LogP contribution in [0.2, 0.25) is 0 Å². The van der Waals surface area contributed by atoms with Gasteiger partial charge in [-0.15, -0.1) is 0 Å². The summed E-state index contributed by atoms with van der Waals surface area (Å²) in [6, 6.07) is 4.77. The number of pyridine rings is 1. The predicted octanol–water partition coefficient (Wildman–Crippen LogP) is -0.0864. The Morgan fingerprint density at radius 3 is 2.81 bits per heavy atom. The Morgan fingerprint density at radius 1 is 1.50 bits per heavy atom. The Bertz CT molecular complexity index is 365. The van der Waals surface area contributed by atoms with Crippen molar-refractivity contribution in [1.82, 2.24) is 15.6 Å². The summed E-state index contributed by atoms with van der Waals surface area (Å²) < 4.78 is 0. The minimum absolute atomic E-state index is 0.301. The number of nitrogens with one attached hydrogen (secondary N) is 2. The second-order valence-electron chi connectivity index (χ2n) is 3.27. The van der Waals surface area contributed by atoms with E-state index in [4.69, 9.17) is 6.92 Å². The van der Waals surface area contributed by atoms with E-state index >= 15 is 0 Å². The first-order valence-corrected chi connectivity index (χ1v) is 4.83. The maximum absolute atomic E-state index is 11.4. The average Bonchev–Trinajstić information content (AvgIpc) is 2.26. The van der Waals surface area contributed by atoms with Crippen molar-refractivity contribution in [3.63, 3.8) is 0 Å². The van der Waals surface area contributed by atoms with Crippen molar-refractivity contribution in [3.8, 4) is 0 Å². The van der Waals surface area contributed by atoms with E-state index in [1.54, 1.807) is 25.3 Å². The van der Waals surface area contributed by atoms with Gasteiger partial charge in [-0.25, -0.2) is 0 Å². The third-order valence-corrected chi connectivity index (χ3v) is 1.92. The lowest BCUT2D eigenvalue weighted by Gasteiger charge is -2.12. The fourth-order valence-corrected chi connectivity index (χ4v) is 1.11. The topological polar surface area (TPSA) is 71.1 Å². The molecule has 1 unspecified atom stereocenters. The highest BCUT2D eigenvalue weighted by Gasteiger charge is 2.12. The van der Waals surface area contributed by atoms with Crippen molar-refractivity contribution in [2.24, 2.45) is 0 Å². The van der Waals surface area contributed by atoms with Crippen LogP contribution in [0.3, 0.4) is 0 Å². The summed E-state index contributed by atoms with van der Waals surface area (Å²) in [5, 5.41) is 4.92. The second kappa shape index (κ2) is 5.85. The number of amides is 2. The number of carbonyl (C=O) groups excluding carboxylic acids is 2. The van der Waals surface area contributed by atoms with Gasteiger partial charge in [0.25, 0.3) is 0 Å². The molecule has 0 aliphatic heterocycles. The van der Waals surface area contributed by atoms with Crippen molar-refractivity contribution in [3.05, 3.63) is 37.0 Å². The molecule has 0 fully saturated rings. The minimum atomic E-state index is -0.722. The maximum atomic E-state index is 11.4. The van der Waals surface area contributed by atoms with Gasteiger partial charge in [0.15, 0.2) is 0 Å². The van der Waals surface area contributed by atoms with Crippen LogP contribution in [0, 0.1) is 6.92 Å². The van der Waals surface area contributed by atoms with E-state index in [0.29, 0.717) is 6.54 Å². The summed E-state index contributed by atoms with van der Waals surface area (Å²) in [4.78, 5) is 26.0. The highest BCUT2D eigenvalue weighted by molar-refractivity contribution is 5.88. The normalized spacial score (nSPS) is 11.6. The molecule has 2 amide bonds. The van der Waals surface area contributed by atoms with Gasteiger partial charge in [-0.1, -0.05) is 6.07 Å². The van der Waals surface area contributed by atoms with Crippen molar-refractivity contribution >= 4 is 11.8 Å². The number of carbonyl (C=O) groups is 2.